The van der Waals surface area contributed by atoms with E-state index in [-0.39, 0.29) is 0 Å². The van der Waals surface area contributed by atoms with E-state index in [0.29, 0.717) is 19.1 Å². The van der Waals surface area contributed by atoms with Gasteiger partial charge in [0.05, 0.1) is 18.9 Å². The third-order valence-corrected chi connectivity index (χ3v) is 2.63. The number of ether oxygens (including phenoxy) is 1. The molecule has 0 atom stereocenters. The Morgan fingerprint density at radius 1 is 1.43 bits per heavy atom. The van der Waals surface area contributed by atoms with Crippen LogP contribution in [0.15, 0.2) is 9.64 Å². The number of rotatable bonds is 6. The minimum atomic E-state index is 0.544. The molecule has 80 valence electrons. The van der Waals surface area contributed by atoms with Gasteiger partial charge in [-0.25, -0.2) is 4.98 Å². The molecule has 0 bridgehead atoms. The van der Waals surface area contributed by atoms with Crippen molar-refractivity contribution in [3.05, 3.63) is 11.5 Å². The van der Waals surface area contributed by atoms with E-state index in [1.54, 1.807) is 11.8 Å². The molecule has 0 aromatic carbocycles. The number of hydrogen-bond acceptors (Lipinski definition) is 4. The number of thioether (sulfide) groups is 1. The van der Waals surface area contributed by atoms with Crippen LogP contribution in [0, 0.1) is 13.8 Å². The van der Waals surface area contributed by atoms with Gasteiger partial charge in [-0.1, -0.05) is 11.8 Å². The second kappa shape index (κ2) is 6.32. The molecule has 14 heavy (non-hydrogen) atoms. The molecule has 1 heterocycles. The summed E-state index contributed by atoms with van der Waals surface area (Å²) in [6.45, 7) is 5.13. The van der Waals surface area contributed by atoms with Crippen molar-refractivity contribution < 1.29 is 9.15 Å². The number of alkyl halides is 1. The van der Waals surface area contributed by atoms with Gasteiger partial charge >= 0.3 is 0 Å². The van der Waals surface area contributed by atoms with Crippen molar-refractivity contribution in [3.8, 4) is 0 Å². The Kier molecular flexibility index (Phi) is 5.37. The molecule has 0 saturated heterocycles. The molecular formula is C9H14ClNO2S. The largest absolute Gasteiger partial charge is 0.437 e. The lowest BCUT2D eigenvalue weighted by Gasteiger charge is -1.98. The second-order valence-corrected chi connectivity index (χ2v) is 4.20. The van der Waals surface area contributed by atoms with Gasteiger partial charge in [-0.15, -0.1) is 11.6 Å². The molecule has 0 aliphatic heterocycles. The molecule has 1 aromatic rings. The fourth-order valence-electron chi connectivity index (χ4n) is 0.850. The molecule has 0 saturated carbocycles. The predicted molar refractivity (Wildman–Crippen MR) is 58.2 cm³/mol. The van der Waals surface area contributed by atoms with Crippen LogP contribution in [0.3, 0.4) is 0 Å². The van der Waals surface area contributed by atoms with Gasteiger partial charge in [0.15, 0.2) is 0 Å². The highest BCUT2D eigenvalue weighted by molar-refractivity contribution is 7.99. The fraction of sp³-hybridized carbons (Fsp3) is 0.667. The first kappa shape index (κ1) is 11.9. The number of halogens is 1. The Balaban J connectivity index is 2.18. The van der Waals surface area contributed by atoms with Crippen LogP contribution in [0.4, 0.5) is 0 Å². The summed E-state index contributed by atoms with van der Waals surface area (Å²) in [5.41, 5.74) is 0.953. The summed E-state index contributed by atoms with van der Waals surface area (Å²) in [4.78, 5) is 4.24. The maximum absolute atomic E-state index is 5.46. The van der Waals surface area contributed by atoms with Crippen LogP contribution in [0.1, 0.15) is 11.5 Å². The van der Waals surface area contributed by atoms with Crippen LogP contribution in [0.25, 0.3) is 0 Å². The molecular weight excluding hydrogens is 222 g/mol. The van der Waals surface area contributed by atoms with Gasteiger partial charge in [-0.2, -0.15) is 0 Å². The standard InChI is InChI=1S/C9H14ClNO2S/c1-7-8(2)13-9(11-7)14-6-5-12-4-3-10/h3-6H2,1-2H3. The van der Waals surface area contributed by atoms with E-state index in [0.717, 1.165) is 22.4 Å². The molecule has 0 unspecified atom stereocenters. The molecule has 0 aliphatic carbocycles. The smallest absolute Gasteiger partial charge is 0.256 e. The highest BCUT2D eigenvalue weighted by Gasteiger charge is 2.05. The average Bonchev–Trinajstić information content (AvgIpc) is 2.46. The van der Waals surface area contributed by atoms with E-state index in [1.165, 1.54) is 0 Å². The lowest BCUT2D eigenvalue weighted by Crippen LogP contribution is -1.99. The molecule has 0 spiro atoms. The van der Waals surface area contributed by atoms with E-state index >= 15 is 0 Å². The molecule has 0 aliphatic rings. The first-order valence-electron chi connectivity index (χ1n) is 4.44. The third-order valence-electron chi connectivity index (χ3n) is 1.68. The lowest BCUT2D eigenvalue weighted by molar-refractivity contribution is 0.166. The van der Waals surface area contributed by atoms with Crippen molar-refractivity contribution >= 4 is 23.4 Å². The molecule has 3 nitrogen and oxygen atoms in total. The van der Waals surface area contributed by atoms with Gasteiger partial charge in [-0.05, 0) is 13.8 Å². The highest BCUT2D eigenvalue weighted by Crippen LogP contribution is 2.19. The van der Waals surface area contributed by atoms with Crippen molar-refractivity contribution in [1.82, 2.24) is 4.98 Å². The van der Waals surface area contributed by atoms with Crippen molar-refractivity contribution in [3.63, 3.8) is 0 Å². The molecule has 0 amide bonds. The van der Waals surface area contributed by atoms with Crippen molar-refractivity contribution in [1.29, 1.82) is 0 Å². The predicted octanol–water partition coefficient (Wildman–Crippen LogP) is 2.64. The van der Waals surface area contributed by atoms with Crippen LogP contribution in [-0.4, -0.2) is 29.8 Å². The summed E-state index contributed by atoms with van der Waals surface area (Å²) in [5.74, 6) is 2.27. The normalized spacial score (nSPS) is 10.8. The quantitative estimate of drug-likeness (QED) is 0.431. The average molecular weight is 236 g/mol. The van der Waals surface area contributed by atoms with Gasteiger partial charge in [-0.3, -0.25) is 0 Å². The van der Waals surface area contributed by atoms with Crippen LogP contribution < -0.4 is 0 Å². The topological polar surface area (TPSA) is 35.3 Å². The SMILES string of the molecule is Cc1nc(SCCOCCCl)oc1C. The van der Waals surface area contributed by atoms with Crippen LogP contribution >= 0.6 is 23.4 Å². The Morgan fingerprint density at radius 3 is 2.79 bits per heavy atom. The summed E-state index contributed by atoms with van der Waals surface area (Å²) < 4.78 is 10.6. The number of oxazole rings is 1. The Morgan fingerprint density at radius 2 is 2.21 bits per heavy atom. The van der Waals surface area contributed by atoms with E-state index in [4.69, 9.17) is 20.8 Å². The molecule has 1 aromatic heterocycles. The monoisotopic (exact) mass is 235 g/mol. The van der Waals surface area contributed by atoms with Gasteiger partial charge in [0.25, 0.3) is 5.22 Å². The molecule has 0 fully saturated rings. The highest BCUT2D eigenvalue weighted by atomic mass is 35.5. The number of nitrogens with zero attached hydrogens (tertiary/aromatic N) is 1. The zero-order chi connectivity index (χ0) is 10.4. The minimum absolute atomic E-state index is 0.544. The number of aromatic nitrogens is 1. The van der Waals surface area contributed by atoms with Crippen LogP contribution in [0.2, 0.25) is 0 Å². The van der Waals surface area contributed by atoms with E-state index in [9.17, 15) is 0 Å². The van der Waals surface area contributed by atoms with E-state index in [1.807, 2.05) is 13.8 Å². The van der Waals surface area contributed by atoms with Gasteiger partial charge in [0, 0.05) is 11.6 Å². The summed E-state index contributed by atoms with van der Waals surface area (Å²) in [6.07, 6.45) is 0. The maximum Gasteiger partial charge on any atom is 0.256 e. The van der Waals surface area contributed by atoms with E-state index in [2.05, 4.69) is 4.98 Å². The van der Waals surface area contributed by atoms with Crippen molar-refractivity contribution in [2.45, 2.75) is 19.1 Å². The fourth-order valence-corrected chi connectivity index (χ4v) is 1.72. The van der Waals surface area contributed by atoms with Crippen molar-refractivity contribution in [2.75, 3.05) is 24.8 Å². The molecule has 5 heteroatoms. The summed E-state index contributed by atoms with van der Waals surface area (Å²) in [5, 5.41) is 0.717. The number of aryl methyl sites for hydroxylation is 2. The minimum Gasteiger partial charge on any atom is -0.437 e. The molecule has 1 rings (SSSR count). The van der Waals surface area contributed by atoms with Gasteiger partial charge in [0.2, 0.25) is 0 Å². The second-order valence-electron chi connectivity index (χ2n) is 2.77. The van der Waals surface area contributed by atoms with Crippen molar-refractivity contribution in [2.24, 2.45) is 0 Å². The first-order chi connectivity index (χ1) is 6.74. The van der Waals surface area contributed by atoms with Gasteiger partial charge in [0.1, 0.15) is 5.76 Å². The lowest BCUT2D eigenvalue weighted by atomic mass is 10.4. The van der Waals surface area contributed by atoms with Crippen LogP contribution in [0.5, 0.6) is 0 Å². The summed E-state index contributed by atoms with van der Waals surface area (Å²) in [7, 11) is 0. The van der Waals surface area contributed by atoms with Gasteiger partial charge < -0.3 is 9.15 Å². The zero-order valence-electron chi connectivity index (χ0n) is 8.38. The Bertz CT molecular complexity index is 258. The maximum atomic E-state index is 5.46. The Hall–Kier alpha value is -0.190. The Labute approximate surface area is 93.2 Å². The van der Waals surface area contributed by atoms with Crippen LogP contribution in [-0.2, 0) is 4.74 Å². The summed E-state index contributed by atoms with van der Waals surface area (Å²) >= 11 is 7.02. The summed E-state index contributed by atoms with van der Waals surface area (Å²) in [6, 6.07) is 0. The molecule has 0 radical (unpaired) electrons. The number of hydrogen-bond donors (Lipinski definition) is 0. The molecule has 0 N–H and O–H groups in total. The van der Waals surface area contributed by atoms with E-state index < -0.39 is 0 Å². The third kappa shape index (κ3) is 3.90. The zero-order valence-corrected chi connectivity index (χ0v) is 9.95. The first-order valence-corrected chi connectivity index (χ1v) is 5.96.